The molecule has 2 aromatic carbocycles. The Kier molecular flexibility index (Phi) is 5.29. The lowest BCUT2D eigenvalue weighted by Crippen LogP contribution is -2.14. The number of halogens is 1. The average Bonchev–Trinajstić information content (AvgIpc) is 2.49. The number of benzene rings is 2. The summed E-state index contributed by atoms with van der Waals surface area (Å²) >= 11 is 0. The molecular formula is C16H17FN2O2. The van der Waals surface area contributed by atoms with E-state index in [4.69, 9.17) is 10.5 Å². The predicted octanol–water partition coefficient (Wildman–Crippen LogP) is 2.34. The molecule has 0 atom stereocenters. The van der Waals surface area contributed by atoms with Gasteiger partial charge in [0.2, 0.25) is 5.91 Å². The highest BCUT2D eigenvalue weighted by Gasteiger charge is 2.04. The predicted molar refractivity (Wildman–Crippen MR) is 79.7 cm³/mol. The van der Waals surface area contributed by atoms with Gasteiger partial charge in [-0.3, -0.25) is 4.79 Å². The summed E-state index contributed by atoms with van der Waals surface area (Å²) < 4.78 is 18.1. The van der Waals surface area contributed by atoms with Gasteiger partial charge >= 0.3 is 0 Å². The second-order valence-electron chi connectivity index (χ2n) is 4.51. The minimum Gasteiger partial charge on any atom is -0.492 e. The number of anilines is 1. The Morgan fingerprint density at radius 1 is 1.10 bits per heavy atom. The molecule has 1 amide bonds. The largest absolute Gasteiger partial charge is 0.492 e. The first-order chi connectivity index (χ1) is 10.2. The lowest BCUT2D eigenvalue weighted by Gasteiger charge is -2.08. The van der Waals surface area contributed by atoms with Crippen LogP contribution in [0.25, 0.3) is 0 Å². The van der Waals surface area contributed by atoms with Crippen LogP contribution in [0.1, 0.15) is 5.56 Å². The molecule has 0 spiro atoms. The van der Waals surface area contributed by atoms with E-state index in [1.807, 2.05) is 0 Å². The van der Waals surface area contributed by atoms with Gasteiger partial charge in [-0.15, -0.1) is 0 Å². The van der Waals surface area contributed by atoms with Gasteiger partial charge in [0.25, 0.3) is 0 Å². The molecule has 0 aliphatic rings. The van der Waals surface area contributed by atoms with Gasteiger partial charge in [0.05, 0.1) is 6.42 Å². The number of carbonyl (C=O) groups is 1. The third-order valence-electron chi connectivity index (χ3n) is 2.80. The Balaban J connectivity index is 1.88. The molecule has 110 valence electrons. The summed E-state index contributed by atoms with van der Waals surface area (Å²) in [5.74, 6) is 0.237. The number of hydrogen-bond donors (Lipinski definition) is 2. The van der Waals surface area contributed by atoms with Crippen molar-refractivity contribution in [3.05, 3.63) is 59.9 Å². The molecule has 0 saturated carbocycles. The zero-order valence-electron chi connectivity index (χ0n) is 11.5. The Bertz CT molecular complexity index is 582. The van der Waals surface area contributed by atoms with Crippen LogP contribution in [0.5, 0.6) is 5.75 Å². The van der Waals surface area contributed by atoms with Crippen molar-refractivity contribution < 1.29 is 13.9 Å². The summed E-state index contributed by atoms with van der Waals surface area (Å²) in [4.78, 5) is 11.9. The summed E-state index contributed by atoms with van der Waals surface area (Å²) in [7, 11) is 0. The van der Waals surface area contributed by atoms with Crippen LogP contribution in [0.15, 0.2) is 48.5 Å². The minimum absolute atomic E-state index is 0.155. The fraction of sp³-hybridized carbons (Fsp3) is 0.188. The highest BCUT2D eigenvalue weighted by Crippen LogP contribution is 2.16. The van der Waals surface area contributed by atoms with Crippen molar-refractivity contribution in [1.29, 1.82) is 0 Å². The number of nitrogens with one attached hydrogen (secondary N) is 1. The Hall–Kier alpha value is -2.40. The van der Waals surface area contributed by atoms with E-state index in [0.717, 1.165) is 5.56 Å². The van der Waals surface area contributed by atoms with Gasteiger partial charge in [-0.1, -0.05) is 12.1 Å². The van der Waals surface area contributed by atoms with Gasteiger partial charge in [0, 0.05) is 12.2 Å². The fourth-order valence-corrected chi connectivity index (χ4v) is 1.80. The van der Waals surface area contributed by atoms with Crippen LogP contribution in [0.3, 0.4) is 0 Å². The first-order valence-corrected chi connectivity index (χ1v) is 6.64. The standard InChI is InChI=1S/C16H17FN2O2/c17-13-3-1-12(2-4-13)11-16(20)19-14-5-7-15(8-6-14)21-10-9-18/h1-8H,9-11,18H2,(H,19,20). The van der Waals surface area contributed by atoms with E-state index in [1.54, 1.807) is 36.4 Å². The zero-order chi connectivity index (χ0) is 15.1. The zero-order valence-corrected chi connectivity index (χ0v) is 11.5. The topological polar surface area (TPSA) is 64.3 Å². The van der Waals surface area contributed by atoms with Gasteiger partial charge in [-0.25, -0.2) is 4.39 Å². The maximum atomic E-state index is 12.8. The molecule has 0 saturated heterocycles. The van der Waals surface area contributed by atoms with Crippen molar-refractivity contribution >= 4 is 11.6 Å². The van der Waals surface area contributed by atoms with E-state index >= 15 is 0 Å². The van der Waals surface area contributed by atoms with Gasteiger partial charge in [0.15, 0.2) is 0 Å². The first kappa shape index (κ1) is 15.0. The summed E-state index contributed by atoms with van der Waals surface area (Å²) in [6.07, 6.45) is 0.200. The Morgan fingerprint density at radius 2 is 1.76 bits per heavy atom. The second kappa shape index (κ2) is 7.40. The molecular weight excluding hydrogens is 271 g/mol. The summed E-state index contributed by atoms with van der Waals surface area (Å²) in [6.45, 7) is 0.909. The first-order valence-electron chi connectivity index (χ1n) is 6.64. The summed E-state index contributed by atoms with van der Waals surface area (Å²) in [5.41, 5.74) is 6.79. The van der Waals surface area contributed by atoms with Crippen LogP contribution >= 0.6 is 0 Å². The monoisotopic (exact) mass is 288 g/mol. The maximum absolute atomic E-state index is 12.8. The molecule has 0 heterocycles. The molecule has 0 aliphatic carbocycles. The molecule has 0 unspecified atom stereocenters. The SMILES string of the molecule is NCCOc1ccc(NC(=O)Cc2ccc(F)cc2)cc1. The molecule has 5 heteroatoms. The lowest BCUT2D eigenvalue weighted by atomic mass is 10.1. The number of carbonyl (C=O) groups excluding carboxylic acids is 1. The number of nitrogens with two attached hydrogens (primary N) is 1. The van der Waals surface area contributed by atoms with Gasteiger partial charge < -0.3 is 15.8 Å². The van der Waals surface area contributed by atoms with Gasteiger partial charge in [-0.05, 0) is 42.0 Å². The van der Waals surface area contributed by atoms with Crippen LogP contribution in [0, 0.1) is 5.82 Å². The molecule has 0 aromatic heterocycles. The van der Waals surface area contributed by atoms with Crippen molar-refractivity contribution in [1.82, 2.24) is 0 Å². The van der Waals surface area contributed by atoms with E-state index in [1.165, 1.54) is 12.1 Å². The fourth-order valence-electron chi connectivity index (χ4n) is 1.80. The molecule has 2 rings (SSSR count). The molecule has 2 aromatic rings. The Labute approximate surface area is 122 Å². The highest BCUT2D eigenvalue weighted by molar-refractivity contribution is 5.92. The van der Waals surface area contributed by atoms with Crippen LogP contribution in [-0.2, 0) is 11.2 Å². The van der Waals surface area contributed by atoms with Gasteiger partial charge in [-0.2, -0.15) is 0 Å². The molecule has 0 aliphatic heterocycles. The van der Waals surface area contributed by atoms with Gasteiger partial charge in [0.1, 0.15) is 18.2 Å². The van der Waals surface area contributed by atoms with Crippen molar-refractivity contribution in [2.75, 3.05) is 18.5 Å². The molecule has 0 fully saturated rings. The van der Waals surface area contributed by atoms with E-state index in [2.05, 4.69) is 5.32 Å². The average molecular weight is 288 g/mol. The van der Waals surface area contributed by atoms with Crippen molar-refractivity contribution in [3.63, 3.8) is 0 Å². The summed E-state index contributed by atoms with van der Waals surface area (Å²) in [5, 5.41) is 2.78. The minimum atomic E-state index is -0.313. The van der Waals surface area contributed by atoms with Crippen LogP contribution in [-0.4, -0.2) is 19.1 Å². The second-order valence-corrected chi connectivity index (χ2v) is 4.51. The molecule has 0 radical (unpaired) electrons. The van der Waals surface area contributed by atoms with Crippen molar-refractivity contribution in [2.24, 2.45) is 5.73 Å². The third kappa shape index (κ3) is 4.89. The molecule has 4 nitrogen and oxygen atoms in total. The third-order valence-corrected chi connectivity index (χ3v) is 2.80. The van der Waals surface area contributed by atoms with Crippen molar-refractivity contribution in [3.8, 4) is 5.75 Å². The molecule has 21 heavy (non-hydrogen) atoms. The number of hydrogen-bond acceptors (Lipinski definition) is 3. The number of amides is 1. The van der Waals surface area contributed by atoms with E-state index in [9.17, 15) is 9.18 Å². The van der Waals surface area contributed by atoms with Crippen molar-refractivity contribution in [2.45, 2.75) is 6.42 Å². The quantitative estimate of drug-likeness (QED) is 0.857. The molecule has 3 N–H and O–H groups in total. The van der Waals surface area contributed by atoms with E-state index < -0.39 is 0 Å². The number of rotatable bonds is 6. The smallest absolute Gasteiger partial charge is 0.228 e. The Morgan fingerprint density at radius 3 is 2.38 bits per heavy atom. The highest BCUT2D eigenvalue weighted by atomic mass is 19.1. The van der Waals surface area contributed by atoms with E-state index in [0.29, 0.717) is 24.6 Å². The maximum Gasteiger partial charge on any atom is 0.228 e. The van der Waals surface area contributed by atoms with Crippen LogP contribution in [0.4, 0.5) is 10.1 Å². The summed E-state index contributed by atoms with van der Waals surface area (Å²) in [6, 6.07) is 12.9. The van der Waals surface area contributed by atoms with E-state index in [-0.39, 0.29) is 18.1 Å². The normalized spacial score (nSPS) is 10.2. The number of ether oxygens (including phenoxy) is 1. The molecule has 0 bridgehead atoms. The van der Waals surface area contributed by atoms with Crippen LogP contribution in [0.2, 0.25) is 0 Å². The van der Waals surface area contributed by atoms with Crippen LogP contribution < -0.4 is 15.8 Å². The lowest BCUT2D eigenvalue weighted by molar-refractivity contribution is -0.115.